The molecule has 0 bridgehead atoms. The van der Waals surface area contributed by atoms with Crippen LogP contribution in [0.15, 0.2) is 76.4 Å². The maximum Gasteiger partial charge on any atom is 0.274 e. The van der Waals surface area contributed by atoms with Crippen LogP contribution < -0.4 is 0 Å². The second kappa shape index (κ2) is 6.64. The largest absolute Gasteiger partial charge is 0.463 e. The molecular weight excluding hydrogens is 324 g/mol. The van der Waals surface area contributed by atoms with Gasteiger partial charge in [0, 0.05) is 12.0 Å². The predicted octanol–water partition coefficient (Wildman–Crippen LogP) is 4.89. The Labute approximate surface area is 152 Å². The first-order valence-electron chi connectivity index (χ1n) is 8.70. The summed E-state index contributed by atoms with van der Waals surface area (Å²) in [5.74, 6) is 0.611. The quantitative estimate of drug-likeness (QED) is 0.679. The van der Waals surface area contributed by atoms with Crippen LogP contribution in [0.3, 0.4) is 0 Å². The molecule has 1 aliphatic rings. The minimum Gasteiger partial charge on any atom is -0.463 e. The summed E-state index contributed by atoms with van der Waals surface area (Å²) >= 11 is 0. The maximum absolute atomic E-state index is 13.1. The van der Waals surface area contributed by atoms with Crippen molar-refractivity contribution in [2.45, 2.75) is 26.3 Å². The van der Waals surface area contributed by atoms with E-state index in [-0.39, 0.29) is 11.9 Å². The van der Waals surface area contributed by atoms with Gasteiger partial charge in [-0.25, -0.2) is 5.01 Å². The molecule has 3 aromatic rings. The van der Waals surface area contributed by atoms with Crippen molar-refractivity contribution in [3.05, 3.63) is 94.9 Å². The van der Waals surface area contributed by atoms with Crippen LogP contribution in [0.25, 0.3) is 0 Å². The molecule has 0 fully saturated rings. The Balaban J connectivity index is 1.73. The van der Waals surface area contributed by atoms with Crippen LogP contribution in [0.2, 0.25) is 0 Å². The van der Waals surface area contributed by atoms with E-state index < -0.39 is 0 Å². The van der Waals surface area contributed by atoms with E-state index in [0.717, 1.165) is 22.4 Å². The second-order valence-corrected chi connectivity index (χ2v) is 6.67. The number of rotatable bonds is 3. The number of aryl methyl sites for hydroxylation is 2. The Hall–Kier alpha value is -3.14. The molecule has 26 heavy (non-hydrogen) atoms. The van der Waals surface area contributed by atoms with Crippen molar-refractivity contribution in [3.8, 4) is 0 Å². The number of amides is 1. The number of benzene rings is 2. The molecule has 0 saturated heterocycles. The third-order valence-electron chi connectivity index (χ3n) is 4.65. The summed E-state index contributed by atoms with van der Waals surface area (Å²) in [7, 11) is 0. The summed E-state index contributed by atoms with van der Waals surface area (Å²) in [5.41, 5.74) is 4.80. The summed E-state index contributed by atoms with van der Waals surface area (Å²) in [6, 6.07) is 19.4. The molecule has 0 spiro atoms. The highest BCUT2D eigenvalue weighted by Crippen LogP contribution is 2.34. The van der Waals surface area contributed by atoms with Gasteiger partial charge in [-0.2, -0.15) is 5.10 Å². The predicted molar refractivity (Wildman–Crippen MR) is 101 cm³/mol. The standard InChI is InChI=1S/C22H20N2O2/c1-15-8-10-17(11-9-15)22(25)24-20(18-6-3-5-16(2)13-18)14-19(23-24)21-7-4-12-26-21/h3-13,20H,14H2,1-2H3/t20-/m1/s1. The summed E-state index contributed by atoms with van der Waals surface area (Å²) in [6.45, 7) is 4.06. The van der Waals surface area contributed by atoms with E-state index in [1.165, 1.54) is 0 Å². The van der Waals surface area contributed by atoms with Gasteiger partial charge in [0.05, 0.1) is 12.3 Å². The van der Waals surface area contributed by atoms with Crippen molar-refractivity contribution in [3.63, 3.8) is 0 Å². The zero-order valence-corrected chi connectivity index (χ0v) is 14.8. The van der Waals surface area contributed by atoms with E-state index in [9.17, 15) is 4.79 Å². The smallest absolute Gasteiger partial charge is 0.274 e. The normalized spacial score (nSPS) is 16.6. The first-order chi connectivity index (χ1) is 12.6. The number of nitrogens with zero attached hydrogens (tertiary/aromatic N) is 2. The zero-order chi connectivity index (χ0) is 18.1. The number of carbonyl (C=O) groups excluding carboxylic acids is 1. The minimum absolute atomic E-state index is 0.0990. The van der Waals surface area contributed by atoms with E-state index in [1.54, 1.807) is 11.3 Å². The lowest BCUT2D eigenvalue weighted by molar-refractivity contribution is 0.0711. The molecule has 0 unspecified atom stereocenters. The Bertz CT molecular complexity index is 956. The van der Waals surface area contributed by atoms with Gasteiger partial charge in [0.1, 0.15) is 11.5 Å². The van der Waals surface area contributed by atoms with Crippen molar-refractivity contribution < 1.29 is 9.21 Å². The Morgan fingerprint density at radius 1 is 1.04 bits per heavy atom. The average molecular weight is 344 g/mol. The van der Waals surface area contributed by atoms with E-state index >= 15 is 0 Å². The molecule has 130 valence electrons. The number of hydrazone groups is 1. The van der Waals surface area contributed by atoms with Crippen LogP contribution in [0.4, 0.5) is 0 Å². The van der Waals surface area contributed by atoms with E-state index in [0.29, 0.717) is 17.7 Å². The van der Waals surface area contributed by atoms with Gasteiger partial charge < -0.3 is 4.42 Å². The Morgan fingerprint density at radius 2 is 1.85 bits per heavy atom. The molecule has 1 amide bonds. The van der Waals surface area contributed by atoms with E-state index in [1.807, 2.05) is 55.5 Å². The zero-order valence-electron chi connectivity index (χ0n) is 14.8. The van der Waals surface area contributed by atoms with Crippen molar-refractivity contribution in [2.24, 2.45) is 5.10 Å². The monoisotopic (exact) mass is 344 g/mol. The van der Waals surface area contributed by atoms with Crippen LogP contribution in [0.5, 0.6) is 0 Å². The van der Waals surface area contributed by atoms with Gasteiger partial charge in [0.25, 0.3) is 5.91 Å². The highest BCUT2D eigenvalue weighted by atomic mass is 16.3. The number of carbonyl (C=O) groups is 1. The molecule has 1 aromatic heterocycles. The van der Waals surface area contributed by atoms with Gasteiger partial charge in [0.2, 0.25) is 0 Å². The molecular formula is C22H20N2O2. The lowest BCUT2D eigenvalue weighted by Gasteiger charge is -2.22. The SMILES string of the molecule is Cc1ccc(C(=O)N2N=C(c3ccco3)C[C@@H]2c2cccc(C)c2)cc1. The molecule has 1 aliphatic heterocycles. The molecule has 4 rings (SSSR count). The molecule has 0 radical (unpaired) electrons. The molecule has 2 heterocycles. The number of hydrogen-bond donors (Lipinski definition) is 0. The average Bonchev–Trinajstić information content (AvgIpc) is 3.31. The van der Waals surface area contributed by atoms with Crippen LogP contribution in [-0.2, 0) is 0 Å². The Morgan fingerprint density at radius 3 is 2.54 bits per heavy atom. The van der Waals surface area contributed by atoms with Crippen molar-refractivity contribution in [1.82, 2.24) is 5.01 Å². The van der Waals surface area contributed by atoms with Crippen LogP contribution in [-0.4, -0.2) is 16.6 Å². The third kappa shape index (κ3) is 3.06. The number of hydrogen-bond acceptors (Lipinski definition) is 3. The molecule has 1 atom stereocenters. The van der Waals surface area contributed by atoms with Crippen molar-refractivity contribution >= 4 is 11.6 Å². The summed E-state index contributed by atoms with van der Waals surface area (Å²) in [4.78, 5) is 13.1. The van der Waals surface area contributed by atoms with Gasteiger partial charge in [0.15, 0.2) is 0 Å². The van der Waals surface area contributed by atoms with E-state index in [2.05, 4.69) is 24.2 Å². The second-order valence-electron chi connectivity index (χ2n) is 6.67. The van der Waals surface area contributed by atoms with Crippen LogP contribution in [0.1, 0.15) is 45.3 Å². The highest BCUT2D eigenvalue weighted by Gasteiger charge is 2.34. The molecule has 0 aliphatic carbocycles. The van der Waals surface area contributed by atoms with Gasteiger partial charge in [-0.3, -0.25) is 4.79 Å². The summed E-state index contributed by atoms with van der Waals surface area (Å²) in [6.07, 6.45) is 2.26. The maximum atomic E-state index is 13.1. The van der Waals surface area contributed by atoms with E-state index in [4.69, 9.17) is 4.42 Å². The summed E-state index contributed by atoms with van der Waals surface area (Å²) < 4.78 is 5.51. The lowest BCUT2D eigenvalue weighted by Crippen LogP contribution is -2.27. The molecule has 0 saturated carbocycles. The molecule has 4 heteroatoms. The summed E-state index contributed by atoms with van der Waals surface area (Å²) in [5, 5.41) is 6.22. The van der Waals surface area contributed by atoms with Crippen LogP contribution >= 0.6 is 0 Å². The topological polar surface area (TPSA) is 45.8 Å². The lowest BCUT2D eigenvalue weighted by atomic mass is 9.99. The minimum atomic E-state index is -0.135. The van der Waals surface area contributed by atoms with Gasteiger partial charge in [-0.15, -0.1) is 0 Å². The molecule has 4 nitrogen and oxygen atoms in total. The van der Waals surface area contributed by atoms with Gasteiger partial charge >= 0.3 is 0 Å². The number of furan rings is 1. The first kappa shape index (κ1) is 16.3. The molecule has 2 aromatic carbocycles. The van der Waals surface area contributed by atoms with Gasteiger partial charge in [-0.1, -0.05) is 47.5 Å². The van der Waals surface area contributed by atoms with Crippen molar-refractivity contribution in [1.29, 1.82) is 0 Å². The third-order valence-corrected chi connectivity index (χ3v) is 4.65. The van der Waals surface area contributed by atoms with Crippen LogP contribution in [0, 0.1) is 13.8 Å². The fraction of sp³-hybridized carbons (Fsp3) is 0.182. The van der Waals surface area contributed by atoms with Gasteiger partial charge in [-0.05, 0) is 43.7 Å². The van der Waals surface area contributed by atoms with Crippen molar-refractivity contribution in [2.75, 3.05) is 0 Å². The fourth-order valence-corrected chi connectivity index (χ4v) is 3.25. The first-order valence-corrected chi connectivity index (χ1v) is 8.70. The highest BCUT2D eigenvalue weighted by molar-refractivity contribution is 6.03. The Kier molecular flexibility index (Phi) is 4.17. The molecule has 0 N–H and O–H groups in total. The fourth-order valence-electron chi connectivity index (χ4n) is 3.25.